The molecule has 8 nitrogen and oxygen atoms in total. The van der Waals surface area contributed by atoms with Crippen molar-refractivity contribution in [3.8, 4) is 0 Å². The lowest BCUT2D eigenvalue weighted by molar-refractivity contribution is 0.204. The number of rotatable bonds is 4. The summed E-state index contributed by atoms with van der Waals surface area (Å²) < 4.78 is 0. The van der Waals surface area contributed by atoms with Crippen LogP contribution in [0.2, 0.25) is 0 Å². The molecule has 0 heterocycles. The van der Waals surface area contributed by atoms with E-state index >= 15 is 0 Å². The maximum Gasteiger partial charge on any atom is 0.402 e. The van der Waals surface area contributed by atoms with Crippen LogP contribution >= 0.6 is 0 Å². The number of primary amides is 2. The minimum Gasteiger partial charge on any atom is -0.465 e. The molecule has 0 aromatic carbocycles. The van der Waals surface area contributed by atoms with Gasteiger partial charge in [0.15, 0.2) is 0 Å². The van der Waals surface area contributed by atoms with E-state index < -0.39 is 12.2 Å². The SMILES string of the molecule is NC(=O)O.NC(=O)O.OCCC=CCCO. The minimum atomic E-state index is -1.33. The molecule has 8 heteroatoms. The van der Waals surface area contributed by atoms with Gasteiger partial charge in [-0.25, -0.2) is 9.59 Å². The summed E-state index contributed by atoms with van der Waals surface area (Å²) in [5.74, 6) is 0. The molecule has 0 saturated carbocycles. The van der Waals surface area contributed by atoms with Crippen molar-refractivity contribution in [3.05, 3.63) is 12.2 Å². The van der Waals surface area contributed by atoms with Crippen LogP contribution in [0.15, 0.2) is 12.2 Å². The molecule has 8 N–H and O–H groups in total. The van der Waals surface area contributed by atoms with E-state index in [9.17, 15) is 0 Å². The first-order chi connectivity index (χ1) is 7.38. The summed E-state index contributed by atoms with van der Waals surface area (Å²) in [5, 5.41) is 30.9. The van der Waals surface area contributed by atoms with E-state index in [2.05, 4.69) is 11.5 Å². The molecule has 0 aliphatic rings. The molecule has 0 atom stereocenters. The van der Waals surface area contributed by atoms with Gasteiger partial charge in [0.1, 0.15) is 0 Å². The van der Waals surface area contributed by atoms with Gasteiger partial charge in [-0.05, 0) is 12.8 Å². The van der Waals surface area contributed by atoms with Gasteiger partial charge in [0.25, 0.3) is 0 Å². The highest BCUT2D eigenvalue weighted by Crippen LogP contribution is 1.83. The van der Waals surface area contributed by atoms with E-state index in [-0.39, 0.29) is 13.2 Å². The zero-order valence-corrected chi connectivity index (χ0v) is 8.74. The Hall–Kier alpha value is -1.80. The normalized spacial score (nSPS) is 8.38. The standard InChI is InChI=1S/C6H12O2.2CH3NO2/c7-5-3-1-2-4-6-8;2*2-1(3)4/h1-2,7-8H,3-6H2;2*2H2,(H,3,4). The highest BCUT2D eigenvalue weighted by atomic mass is 16.4. The Labute approximate surface area is 92.8 Å². The fourth-order valence-electron chi connectivity index (χ4n) is 0.385. The highest BCUT2D eigenvalue weighted by Gasteiger charge is 1.73. The third kappa shape index (κ3) is 149. The largest absolute Gasteiger partial charge is 0.465 e. The summed E-state index contributed by atoms with van der Waals surface area (Å²) in [6, 6.07) is 0. The number of hydrogen-bond donors (Lipinski definition) is 6. The van der Waals surface area contributed by atoms with E-state index in [4.69, 9.17) is 30.0 Å². The average molecular weight is 238 g/mol. The van der Waals surface area contributed by atoms with Crippen LogP contribution in [0.1, 0.15) is 12.8 Å². The van der Waals surface area contributed by atoms with Gasteiger partial charge in [0.2, 0.25) is 0 Å². The topological polar surface area (TPSA) is 167 Å². The number of aliphatic hydroxyl groups excluding tert-OH is 2. The summed E-state index contributed by atoms with van der Waals surface area (Å²) in [6.07, 6.45) is 2.44. The summed E-state index contributed by atoms with van der Waals surface area (Å²) in [4.78, 5) is 17.6. The van der Waals surface area contributed by atoms with Crippen molar-refractivity contribution in [2.75, 3.05) is 13.2 Å². The second kappa shape index (κ2) is 18.9. The molecule has 0 rings (SSSR count). The van der Waals surface area contributed by atoms with Crippen molar-refractivity contribution in [2.45, 2.75) is 12.8 Å². The predicted octanol–water partition coefficient (Wildman–Crippen LogP) is -0.446. The van der Waals surface area contributed by atoms with Crippen molar-refractivity contribution in [3.63, 3.8) is 0 Å². The van der Waals surface area contributed by atoms with Gasteiger partial charge in [0.05, 0.1) is 0 Å². The second-order valence-corrected chi connectivity index (χ2v) is 2.17. The van der Waals surface area contributed by atoms with Crippen LogP contribution in [0.3, 0.4) is 0 Å². The van der Waals surface area contributed by atoms with Crippen molar-refractivity contribution in [1.29, 1.82) is 0 Å². The Morgan fingerprint density at radius 1 is 0.875 bits per heavy atom. The molecular weight excluding hydrogens is 220 g/mol. The quantitative estimate of drug-likeness (QED) is 0.363. The molecule has 2 amide bonds. The first-order valence-electron chi connectivity index (χ1n) is 4.22. The molecule has 0 aromatic rings. The molecule has 0 aliphatic heterocycles. The van der Waals surface area contributed by atoms with Crippen molar-refractivity contribution >= 4 is 12.2 Å². The number of aliphatic hydroxyl groups is 2. The maximum absolute atomic E-state index is 8.78. The molecule has 96 valence electrons. The van der Waals surface area contributed by atoms with Gasteiger partial charge < -0.3 is 31.9 Å². The van der Waals surface area contributed by atoms with Gasteiger partial charge in [-0.1, -0.05) is 12.2 Å². The summed E-state index contributed by atoms with van der Waals surface area (Å²) >= 11 is 0. The molecule has 0 aromatic heterocycles. The monoisotopic (exact) mass is 238 g/mol. The summed E-state index contributed by atoms with van der Waals surface area (Å²) in [7, 11) is 0. The van der Waals surface area contributed by atoms with Gasteiger partial charge in [-0.3, -0.25) is 0 Å². The zero-order chi connectivity index (χ0) is 13.4. The van der Waals surface area contributed by atoms with E-state index in [0.717, 1.165) is 0 Å². The Bertz CT molecular complexity index is 167. The number of nitrogens with two attached hydrogens (primary N) is 2. The highest BCUT2D eigenvalue weighted by molar-refractivity contribution is 5.61. The predicted molar refractivity (Wildman–Crippen MR) is 57.0 cm³/mol. The molecule has 0 unspecified atom stereocenters. The Kier molecular flexibility index (Phi) is 23.3. The van der Waals surface area contributed by atoms with Crippen LogP contribution in [0.5, 0.6) is 0 Å². The number of carbonyl (C=O) groups is 2. The molecule has 0 radical (unpaired) electrons. The fourth-order valence-corrected chi connectivity index (χ4v) is 0.385. The van der Waals surface area contributed by atoms with E-state index in [1.807, 2.05) is 12.2 Å². The lowest BCUT2D eigenvalue weighted by Crippen LogP contribution is -2.03. The van der Waals surface area contributed by atoms with Gasteiger partial charge in [-0.2, -0.15) is 0 Å². The van der Waals surface area contributed by atoms with Crippen molar-refractivity contribution < 1.29 is 30.0 Å². The molecule has 0 spiro atoms. The molecule has 0 fully saturated rings. The average Bonchev–Trinajstić information content (AvgIpc) is 2.11. The van der Waals surface area contributed by atoms with Gasteiger partial charge in [0, 0.05) is 13.2 Å². The smallest absolute Gasteiger partial charge is 0.402 e. The molecule has 0 aliphatic carbocycles. The minimum absolute atomic E-state index is 0.196. The van der Waals surface area contributed by atoms with E-state index in [1.165, 1.54) is 0 Å². The van der Waals surface area contributed by atoms with Gasteiger partial charge in [-0.15, -0.1) is 0 Å². The van der Waals surface area contributed by atoms with Crippen LogP contribution < -0.4 is 11.5 Å². The Balaban J connectivity index is -0.000000179. The first kappa shape index (κ1) is 19.7. The third-order valence-electron chi connectivity index (χ3n) is 0.758. The maximum atomic E-state index is 8.78. The lowest BCUT2D eigenvalue weighted by Gasteiger charge is -1.83. The Morgan fingerprint density at radius 3 is 1.19 bits per heavy atom. The number of hydrogen-bond acceptors (Lipinski definition) is 4. The number of carboxylic acid groups (broad SMARTS) is 2. The van der Waals surface area contributed by atoms with Crippen LogP contribution in [-0.2, 0) is 0 Å². The first-order valence-corrected chi connectivity index (χ1v) is 4.22. The van der Waals surface area contributed by atoms with E-state index in [0.29, 0.717) is 12.8 Å². The third-order valence-corrected chi connectivity index (χ3v) is 0.758. The summed E-state index contributed by atoms with van der Waals surface area (Å²) in [6.45, 7) is 0.393. The summed E-state index contributed by atoms with van der Waals surface area (Å²) in [5.41, 5.74) is 8.06. The molecule has 16 heavy (non-hydrogen) atoms. The molecular formula is C8H18N2O6. The van der Waals surface area contributed by atoms with E-state index in [1.54, 1.807) is 0 Å². The van der Waals surface area contributed by atoms with Crippen molar-refractivity contribution in [1.82, 2.24) is 0 Å². The van der Waals surface area contributed by atoms with Crippen LogP contribution in [0.25, 0.3) is 0 Å². The number of amides is 2. The Morgan fingerprint density at radius 2 is 1.06 bits per heavy atom. The second-order valence-electron chi connectivity index (χ2n) is 2.17. The van der Waals surface area contributed by atoms with Crippen LogP contribution in [-0.4, -0.2) is 45.8 Å². The van der Waals surface area contributed by atoms with Crippen molar-refractivity contribution in [2.24, 2.45) is 11.5 Å². The fraction of sp³-hybridized carbons (Fsp3) is 0.500. The molecule has 0 saturated heterocycles. The zero-order valence-electron chi connectivity index (χ0n) is 8.74. The van der Waals surface area contributed by atoms with Crippen LogP contribution in [0, 0.1) is 0 Å². The lowest BCUT2D eigenvalue weighted by atomic mass is 10.3. The van der Waals surface area contributed by atoms with Crippen LogP contribution in [0.4, 0.5) is 9.59 Å². The molecule has 0 bridgehead atoms. The van der Waals surface area contributed by atoms with Gasteiger partial charge >= 0.3 is 12.2 Å².